The van der Waals surface area contributed by atoms with Crippen molar-refractivity contribution in [3.05, 3.63) is 75.4 Å². The molecule has 0 radical (unpaired) electrons. The normalized spacial score (nSPS) is 12.6. The summed E-state index contributed by atoms with van der Waals surface area (Å²) in [6, 6.07) is 14.5. The van der Waals surface area contributed by atoms with Crippen LogP contribution in [-0.2, 0) is 9.47 Å². The van der Waals surface area contributed by atoms with Crippen LogP contribution < -0.4 is 9.57 Å². The maximum atomic E-state index is 6.55. The zero-order valence-electron chi connectivity index (χ0n) is 21.9. The molecule has 0 saturated carbocycles. The maximum absolute atomic E-state index is 6.55. The number of benzene rings is 2. The van der Waals surface area contributed by atoms with E-state index in [9.17, 15) is 0 Å². The Bertz CT molecular complexity index is 1160. The van der Waals surface area contributed by atoms with Gasteiger partial charge in [0.1, 0.15) is 13.2 Å². The molecule has 0 fully saturated rings. The van der Waals surface area contributed by atoms with Gasteiger partial charge in [-0.15, -0.1) is 0 Å². The number of hydrogen-bond donors (Lipinski definition) is 0. The molecule has 0 N–H and O–H groups in total. The van der Waals surface area contributed by atoms with Gasteiger partial charge in [0.2, 0.25) is 5.69 Å². The van der Waals surface area contributed by atoms with Gasteiger partial charge < -0.3 is 9.47 Å². The summed E-state index contributed by atoms with van der Waals surface area (Å²) in [5, 5.41) is 0.705. The molecule has 0 aliphatic heterocycles. The first-order valence-corrected chi connectivity index (χ1v) is 12.0. The third-order valence-electron chi connectivity index (χ3n) is 6.13. The third kappa shape index (κ3) is 5.46. The molecule has 0 amide bonds. The van der Waals surface area contributed by atoms with E-state index in [1.807, 2.05) is 16.9 Å². The summed E-state index contributed by atoms with van der Waals surface area (Å²) < 4.78 is 14.1. The van der Waals surface area contributed by atoms with Gasteiger partial charge in [-0.05, 0) is 82.5 Å². The van der Waals surface area contributed by atoms with Gasteiger partial charge in [0.15, 0.2) is 0 Å². The SMILES string of the molecule is COCC(OC(C)(C)C)c1c(-c2ccc(Cl)cc2)c(C)c(-c2ccc(C)c(C)c2)[n+](OC)c1C. The lowest BCUT2D eigenvalue weighted by Gasteiger charge is -2.29. The van der Waals surface area contributed by atoms with E-state index in [4.69, 9.17) is 25.9 Å². The fraction of sp³-hybridized carbons (Fsp3) is 0.414. The molecule has 1 heterocycles. The fourth-order valence-electron chi connectivity index (χ4n) is 4.52. The van der Waals surface area contributed by atoms with E-state index in [0.717, 1.165) is 39.2 Å². The van der Waals surface area contributed by atoms with E-state index >= 15 is 0 Å². The number of hydrogen-bond acceptors (Lipinski definition) is 3. The topological polar surface area (TPSA) is 31.6 Å². The van der Waals surface area contributed by atoms with Crippen LogP contribution in [0.1, 0.15) is 54.8 Å². The number of rotatable bonds is 7. The van der Waals surface area contributed by atoms with Crippen molar-refractivity contribution in [2.75, 3.05) is 20.8 Å². The van der Waals surface area contributed by atoms with Crippen molar-refractivity contribution >= 4 is 11.6 Å². The van der Waals surface area contributed by atoms with Gasteiger partial charge in [-0.2, -0.15) is 0 Å². The predicted octanol–water partition coefficient (Wildman–Crippen LogP) is 6.76. The first-order valence-electron chi connectivity index (χ1n) is 11.6. The lowest BCUT2D eigenvalue weighted by Crippen LogP contribution is -2.48. The summed E-state index contributed by atoms with van der Waals surface area (Å²) in [4.78, 5) is 5.99. The molecule has 0 aliphatic rings. The van der Waals surface area contributed by atoms with Crippen molar-refractivity contribution < 1.29 is 19.0 Å². The molecule has 1 aromatic heterocycles. The molecule has 3 aromatic rings. The second-order valence-electron chi connectivity index (χ2n) is 9.80. The Morgan fingerprint density at radius 3 is 2.03 bits per heavy atom. The number of methoxy groups -OCH3 is 1. The van der Waals surface area contributed by atoms with E-state index < -0.39 is 0 Å². The number of nitrogens with zero attached hydrogens (tertiary/aromatic N) is 1. The molecule has 1 unspecified atom stereocenters. The molecule has 5 heteroatoms. The van der Waals surface area contributed by atoms with Crippen molar-refractivity contribution in [3.63, 3.8) is 0 Å². The van der Waals surface area contributed by atoms with Crippen molar-refractivity contribution in [2.45, 2.75) is 60.2 Å². The quantitative estimate of drug-likeness (QED) is 0.349. The predicted molar refractivity (Wildman–Crippen MR) is 139 cm³/mol. The highest BCUT2D eigenvalue weighted by molar-refractivity contribution is 6.30. The Morgan fingerprint density at radius 1 is 0.882 bits per heavy atom. The lowest BCUT2D eigenvalue weighted by molar-refractivity contribution is -0.881. The van der Waals surface area contributed by atoms with Gasteiger partial charge in [-0.25, -0.2) is 0 Å². The summed E-state index contributed by atoms with van der Waals surface area (Å²) in [5.74, 6) is 0. The molecule has 0 saturated heterocycles. The molecular weight excluding hydrogens is 446 g/mol. The van der Waals surface area contributed by atoms with Crippen LogP contribution in [0, 0.1) is 27.7 Å². The number of aromatic nitrogens is 1. The highest BCUT2D eigenvalue weighted by Crippen LogP contribution is 2.40. The number of pyridine rings is 1. The van der Waals surface area contributed by atoms with Crippen LogP contribution in [-0.4, -0.2) is 26.4 Å². The second kappa shape index (κ2) is 10.5. The Kier molecular flexibility index (Phi) is 8.07. The van der Waals surface area contributed by atoms with E-state index in [0.29, 0.717) is 11.6 Å². The highest BCUT2D eigenvalue weighted by atomic mass is 35.5. The molecule has 4 nitrogen and oxygen atoms in total. The molecule has 182 valence electrons. The van der Waals surface area contributed by atoms with E-state index in [1.165, 1.54) is 11.1 Å². The maximum Gasteiger partial charge on any atom is 0.268 e. The van der Waals surface area contributed by atoms with Crippen LogP contribution in [0.4, 0.5) is 0 Å². The number of halogens is 1. The Hall–Kier alpha value is -2.40. The first-order chi connectivity index (χ1) is 16.0. The van der Waals surface area contributed by atoms with Gasteiger partial charge in [-0.3, -0.25) is 4.84 Å². The minimum atomic E-state index is -0.356. The first kappa shape index (κ1) is 26.2. The lowest BCUT2D eigenvalue weighted by atomic mass is 9.88. The van der Waals surface area contributed by atoms with Crippen molar-refractivity contribution in [1.82, 2.24) is 0 Å². The highest BCUT2D eigenvalue weighted by Gasteiger charge is 2.35. The fourth-order valence-corrected chi connectivity index (χ4v) is 4.64. The van der Waals surface area contributed by atoms with Crippen LogP contribution in [0.2, 0.25) is 5.02 Å². The average Bonchev–Trinajstić information content (AvgIpc) is 2.76. The van der Waals surface area contributed by atoms with E-state index in [-0.39, 0.29) is 11.7 Å². The second-order valence-corrected chi connectivity index (χ2v) is 10.2. The molecule has 34 heavy (non-hydrogen) atoms. The van der Waals surface area contributed by atoms with Crippen LogP contribution in [0.15, 0.2) is 42.5 Å². The van der Waals surface area contributed by atoms with Gasteiger partial charge >= 0.3 is 0 Å². The van der Waals surface area contributed by atoms with Gasteiger partial charge in [0.25, 0.3) is 5.69 Å². The van der Waals surface area contributed by atoms with Gasteiger partial charge in [0.05, 0.1) is 23.3 Å². The molecule has 1 atom stereocenters. The summed E-state index contributed by atoms with van der Waals surface area (Å²) in [6.07, 6.45) is -0.287. The molecule has 3 rings (SSSR count). The molecule has 0 bridgehead atoms. The average molecular weight is 483 g/mol. The Morgan fingerprint density at radius 2 is 1.50 bits per heavy atom. The van der Waals surface area contributed by atoms with Gasteiger partial charge in [0, 0.05) is 34.9 Å². The Labute approximate surface area is 209 Å². The van der Waals surface area contributed by atoms with Crippen molar-refractivity contribution in [2.24, 2.45) is 0 Å². The molecule has 0 spiro atoms. The summed E-state index contributed by atoms with van der Waals surface area (Å²) in [6.45, 7) is 15.1. The van der Waals surface area contributed by atoms with Crippen molar-refractivity contribution in [1.29, 1.82) is 0 Å². The molecular formula is C29H37ClNO3+. The Balaban J connectivity index is 2.44. The number of aryl methyl sites for hydroxylation is 2. The zero-order valence-corrected chi connectivity index (χ0v) is 22.6. The smallest absolute Gasteiger partial charge is 0.268 e. The standard InChI is InChI=1S/C29H37ClNO3/c1-18-10-11-23(16-19(18)2)28-20(3)26(22-12-14-24(30)15-13-22)27(21(4)31(28)33-9)25(17-32-8)34-29(5,6)7/h10-16,25H,17H2,1-9H3/q+1. The van der Waals surface area contributed by atoms with E-state index in [2.05, 4.69) is 78.8 Å². The summed E-state index contributed by atoms with van der Waals surface area (Å²) >= 11 is 6.25. The zero-order chi connectivity index (χ0) is 25.2. The third-order valence-corrected chi connectivity index (χ3v) is 6.38. The van der Waals surface area contributed by atoms with Gasteiger partial charge in [-0.1, -0.05) is 29.8 Å². The summed E-state index contributed by atoms with van der Waals surface area (Å²) in [7, 11) is 3.41. The van der Waals surface area contributed by atoms with Crippen LogP contribution in [0.5, 0.6) is 0 Å². The van der Waals surface area contributed by atoms with E-state index in [1.54, 1.807) is 14.2 Å². The minimum absolute atomic E-state index is 0.287. The van der Waals surface area contributed by atoms with Crippen molar-refractivity contribution in [3.8, 4) is 22.4 Å². The van der Waals surface area contributed by atoms with Crippen LogP contribution >= 0.6 is 11.6 Å². The molecule has 0 aliphatic carbocycles. The molecule has 2 aromatic carbocycles. The monoisotopic (exact) mass is 482 g/mol. The number of ether oxygens (including phenoxy) is 2. The van der Waals surface area contributed by atoms with Crippen LogP contribution in [0.25, 0.3) is 22.4 Å². The summed E-state index contributed by atoms with van der Waals surface area (Å²) in [5.41, 5.74) is 9.57. The largest absolute Gasteiger partial charge is 0.382 e. The van der Waals surface area contributed by atoms with Crippen LogP contribution in [0.3, 0.4) is 0 Å². The minimum Gasteiger partial charge on any atom is -0.382 e.